The van der Waals surface area contributed by atoms with E-state index in [-0.39, 0.29) is 30.2 Å². The third-order valence-corrected chi connectivity index (χ3v) is 3.64. The minimum absolute atomic E-state index is 0.0469. The van der Waals surface area contributed by atoms with Gasteiger partial charge in [0.2, 0.25) is 17.7 Å². The van der Waals surface area contributed by atoms with Gasteiger partial charge < -0.3 is 4.90 Å². The summed E-state index contributed by atoms with van der Waals surface area (Å²) in [6.45, 7) is 3.62. The van der Waals surface area contributed by atoms with Gasteiger partial charge >= 0.3 is 0 Å². The molecule has 0 aromatic heterocycles. The summed E-state index contributed by atoms with van der Waals surface area (Å²) < 4.78 is 0. The van der Waals surface area contributed by atoms with Crippen molar-refractivity contribution in [2.75, 3.05) is 6.54 Å². The van der Waals surface area contributed by atoms with E-state index >= 15 is 0 Å². The summed E-state index contributed by atoms with van der Waals surface area (Å²) in [7, 11) is 0. The average molecular weight is 289 g/mol. The van der Waals surface area contributed by atoms with E-state index in [1.165, 1.54) is 6.92 Å². The van der Waals surface area contributed by atoms with Crippen molar-refractivity contribution in [2.45, 2.75) is 26.3 Å². The van der Waals surface area contributed by atoms with Crippen LogP contribution in [0, 0.1) is 5.92 Å². The highest BCUT2D eigenvalue weighted by Gasteiger charge is 2.37. The number of carbonyl (C=O) groups is 3. The van der Waals surface area contributed by atoms with Crippen LogP contribution < -0.4 is 10.9 Å². The zero-order chi connectivity index (χ0) is 15.4. The summed E-state index contributed by atoms with van der Waals surface area (Å²) in [4.78, 5) is 36.5. The molecule has 1 aromatic rings. The third kappa shape index (κ3) is 3.59. The largest absolute Gasteiger partial charge is 0.335 e. The lowest BCUT2D eigenvalue weighted by Crippen LogP contribution is -2.44. The van der Waals surface area contributed by atoms with Crippen LogP contribution in [0.15, 0.2) is 30.3 Å². The Morgan fingerprint density at radius 1 is 1.24 bits per heavy atom. The first-order valence-corrected chi connectivity index (χ1v) is 6.90. The van der Waals surface area contributed by atoms with Crippen LogP contribution in [0.3, 0.4) is 0 Å². The molecule has 3 amide bonds. The number of rotatable bonds is 3. The van der Waals surface area contributed by atoms with E-state index in [1.807, 2.05) is 37.3 Å². The second-order valence-corrected chi connectivity index (χ2v) is 5.20. The van der Waals surface area contributed by atoms with Crippen LogP contribution in [0.1, 0.15) is 31.9 Å². The standard InChI is InChI=1S/C15H19N3O3/c1-10(12-6-4-3-5-7-12)18-9-13(8-14(18)20)15(21)17-16-11(2)19/h3-7,10,13H,8-9H2,1-2H3,(H,16,19)(H,17,21). The maximum atomic E-state index is 12.1. The van der Waals surface area contributed by atoms with Crippen molar-refractivity contribution >= 4 is 17.7 Å². The van der Waals surface area contributed by atoms with Crippen LogP contribution in [0.2, 0.25) is 0 Å². The first-order valence-electron chi connectivity index (χ1n) is 6.90. The number of nitrogens with zero attached hydrogens (tertiary/aromatic N) is 1. The van der Waals surface area contributed by atoms with Gasteiger partial charge in [0.05, 0.1) is 12.0 Å². The maximum Gasteiger partial charge on any atom is 0.243 e. The number of nitrogens with one attached hydrogen (secondary N) is 2. The second-order valence-electron chi connectivity index (χ2n) is 5.20. The Morgan fingerprint density at radius 2 is 1.90 bits per heavy atom. The Morgan fingerprint density at radius 3 is 2.52 bits per heavy atom. The molecule has 0 saturated carbocycles. The molecule has 2 N–H and O–H groups in total. The minimum atomic E-state index is -0.435. The fraction of sp³-hybridized carbons (Fsp3) is 0.400. The van der Waals surface area contributed by atoms with Crippen molar-refractivity contribution in [1.29, 1.82) is 0 Å². The van der Waals surface area contributed by atoms with Gasteiger partial charge in [-0.1, -0.05) is 30.3 Å². The van der Waals surface area contributed by atoms with Gasteiger partial charge in [-0.25, -0.2) is 0 Å². The lowest BCUT2D eigenvalue weighted by atomic mass is 10.1. The fourth-order valence-corrected chi connectivity index (χ4v) is 2.44. The lowest BCUT2D eigenvalue weighted by Gasteiger charge is -2.25. The Hall–Kier alpha value is -2.37. The van der Waals surface area contributed by atoms with Crippen molar-refractivity contribution < 1.29 is 14.4 Å². The van der Waals surface area contributed by atoms with E-state index in [0.717, 1.165) is 5.56 Å². The number of hydrogen-bond donors (Lipinski definition) is 2. The minimum Gasteiger partial charge on any atom is -0.335 e. The molecule has 21 heavy (non-hydrogen) atoms. The molecule has 0 bridgehead atoms. The van der Waals surface area contributed by atoms with E-state index in [9.17, 15) is 14.4 Å². The van der Waals surface area contributed by atoms with Gasteiger partial charge in [0.1, 0.15) is 0 Å². The van der Waals surface area contributed by atoms with Crippen LogP contribution in [0.25, 0.3) is 0 Å². The molecule has 2 rings (SSSR count). The van der Waals surface area contributed by atoms with E-state index in [2.05, 4.69) is 10.9 Å². The number of likely N-dealkylation sites (tertiary alicyclic amines) is 1. The smallest absolute Gasteiger partial charge is 0.243 e. The predicted octanol–water partition coefficient (Wildman–Crippen LogP) is 0.763. The van der Waals surface area contributed by atoms with Crippen molar-refractivity contribution in [1.82, 2.24) is 15.8 Å². The highest BCUT2D eigenvalue weighted by molar-refractivity contribution is 5.90. The zero-order valence-corrected chi connectivity index (χ0v) is 12.1. The topological polar surface area (TPSA) is 78.5 Å². The Kier molecular flexibility index (Phi) is 4.57. The molecule has 1 aliphatic rings. The second kappa shape index (κ2) is 6.39. The number of amides is 3. The Bertz CT molecular complexity index is 544. The van der Waals surface area contributed by atoms with Crippen molar-refractivity contribution in [3.05, 3.63) is 35.9 Å². The fourth-order valence-electron chi connectivity index (χ4n) is 2.44. The molecule has 6 nitrogen and oxygen atoms in total. The molecule has 1 aromatic carbocycles. The number of hydrazine groups is 1. The lowest BCUT2D eigenvalue weighted by molar-refractivity contribution is -0.131. The summed E-state index contributed by atoms with van der Waals surface area (Å²) in [6, 6.07) is 9.62. The Labute approximate surface area is 123 Å². The van der Waals surface area contributed by atoms with Crippen LogP contribution in [0.4, 0.5) is 0 Å². The first kappa shape index (κ1) is 15.0. The van der Waals surface area contributed by atoms with Crippen LogP contribution >= 0.6 is 0 Å². The van der Waals surface area contributed by atoms with E-state index in [1.54, 1.807) is 4.90 Å². The first-order chi connectivity index (χ1) is 9.99. The number of carbonyl (C=O) groups excluding carboxylic acids is 3. The van der Waals surface area contributed by atoms with Gasteiger partial charge in [0, 0.05) is 19.9 Å². The number of benzene rings is 1. The van der Waals surface area contributed by atoms with E-state index in [4.69, 9.17) is 0 Å². The van der Waals surface area contributed by atoms with Gasteiger partial charge in [0.15, 0.2) is 0 Å². The molecule has 1 heterocycles. The molecule has 112 valence electrons. The van der Waals surface area contributed by atoms with E-state index < -0.39 is 5.92 Å². The molecule has 1 aliphatic heterocycles. The number of hydrogen-bond acceptors (Lipinski definition) is 3. The molecule has 6 heteroatoms. The average Bonchev–Trinajstić information content (AvgIpc) is 2.87. The normalized spacial score (nSPS) is 19.2. The van der Waals surface area contributed by atoms with Crippen molar-refractivity contribution in [3.63, 3.8) is 0 Å². The zero-order valence-electron chi connectivity index (χ0n) is 12.1. The highest BCUT2D eigenvalue weighted by atomic mass is 16.2. The maximum absolute atomic E-state index is 12.1. The van der Waals surface area contributed by atoms with Crippen LogP contribution in [0.5, 0.6) is 0 Å². The van der Waals surface area contributed by atoms with Gasteiger partial charge in [-0.3, -0.25) is 25.2 Å². The summed E-state index contributed by atoms with van der Waals surface area (Å²) in [6.07, 6.45) is 0.169. The molecule has 0 radical (unpaired) electrons. The molecule has 0 aliphatic carbocycles. The van der Waals surface area contributed by atoms with Crippen LogP contribution in [-0.2, 0) is 14.4 Å². The molecule has 1 fully saturated rings. The molecule has 2 atom stereocenters. The SMILES string of the molecule is CC(=O)NNC(=O)C1CC(=O)N(C(C)c2ccccc2)C1. The van der Waals surface area contributed by atoms with Gasteiger partial charge in [-0.15, -0.1) is 0 Å². The quantitative estimate of drug-likeness (QED) is 0.807. The molecule has 2 unspecified atom stereocenters. The van der Waals surface area contributed by atoms with Crippen molar-refractivity contribution in [2.24, 2.45) is 5.92 Å². The van der Waals surface area contributed by atoms with Gasteiger partial charge in [0.25, 0.3) is 0 Å². The van der Waals surface area contributed by atoms with E-state index in [0.29, 0.717) is 6.54 Å². The van der Waals surface area contributed by atoms with Gasteiger partial charge in [-0.2, -0.15) is 0 Å². The Balaban J connectivity index is 1.99. The summed E-state index contributed by atoms with van der Waals surface area (Å²) in [5, 5.41) is 0. The monoisotopic (exact) mass is 289 g/mol. The van der Waals surface area contributed by atoms with Gasteiger partial charge in [-0.05, 0) is 12.5 Å². The third-order valence-electron chi connectivity index (χ3n) is 3.64. The molecular weight excluding hydrogens is 270 g/mol. The summed E-state index contributed by atoms with van der Waals surface area (Å²) in [5.41, 5.74) is 5.61. The molecular formula is C15H19N3O3. The molecule has 0 spiro atoms. The highest BCUT2D eigenvalue weighted by Crippen LogP contribution is 2.28. The van der Waals surface area contributed by atoms with Crippen LogP contribution in [-0.4, -0.2) is 29.2 Å². The summed E-state index contributed by atoms with van der Waals surface area (Å²) >= 11 is 0. The van der Waals surface area contributed by atoms with Crippen molar-refractivity contribution in [3.8, 4) is 0 Å². The summed E-state index contributed by atoms with van der Waals surface area (Å²) in [5.74, 6) is -1.16. The molecule has 1 saturated heterocycles. The predicted molar refractivity (Wildman–Crippen MR) is 76.6 cm³/mol.